The van der Waals surface area contributed by atoms with Crippen LogP contribution in [-0.2, 0) is 4.74 Å². The number of hydrogen-bond donors (Lipinski definition) is 1. The van der Waals surface area contributed by atoms with Gasteiger partial charge < -0.3 is 10.1 Å². The molecule has 26 heavy (non-hydrogen) atoms. The zero-order chi connectivity index (χ0) is 19.5. The molecule has 0 spiro atoms. The van der Waals surface area contributed by atoms with Gasteiger partial charge in [0, 0.05) is 22.8 Å². The van der Waals surface area contributed by atoms with Crippen LogP contribution in [0.5, 0.6) is 0 Å². The molecule has 0 saturated carbocycles. The zero-order valence-corrected chi connectivity index (χ0v) is 15.2. The molecule has 2 aromatic rings. The predicted octanol–water partition coefficient (Wildman–Crippen LogP) is 4.46. The number of non-ortho nitro benzene ring substituents is 1. The molecule has 1 N–H and O–H groups in total. The number of anilines is 1. The number of esters is 1. The molecule has 0 bridgehead atoms. The van der Waals surface area contributed by atoms with E-state index in [1.165, 1.54) is 6.07 Å². The van der Waals surface area contributed by atoms with Crippen molar-refractivity contribution < 1.29 is 19.2 Å². The Morgan fingerprint density at radius 2 is 1.69 bits per heavy atom. The highest BCUT2D eigenvalue weighted by Gasteiger charge is 2.25. The normalized spacial score (nSPS) is 10.9. The number of carbonyl (C=O) groups is 2. The van der Waals surface area contributed by atoms with Crippen molar-refractivity contribution in [1.82, 2.24) is 0 Å². The summed E-state index contributed by atoms with van der Waals surface area (Å²) in [5, 5.41) is 14.1. The van der Waals surface area contributed by atoms with Gasteiger partial charge in [-0.3, -0.25) is 14.9 Å². The Morgan fingerprint density at radius 3 is 2.23 bits per heavy atom. The van der Waals surface area contributed by atoms with E-state index in [1.54, 1.807) is 45.0 Å². The first-order chi connectivity index (χ1) is 12.1. The van der Waals surface area contributed by atoms with Crippen molar-refractivity contribution in [3.05, 3.63) is 68.7 Å². The lowest BCUT2D eigenvalue weighted by Crippen LogP contribution is -2.26. The minimum Gasteiger partial charge on any atom is -0.456 e. The van der Waals surface area contributed by atoms with Crippen LogP contribution >= 0.6 is 11.6 Å². The third-order valence-corrected chi connectivity index (χ3v) is 3.43. The third kappa shape index (κ3) is 5.03. The molecular weight excluding hydrogens is 360 g/mol. The fraction of sp³-hybridized carbons (Fsp3) is 0.222. The van der Waals surface area contributed by atoms with E-state index in [1.807, 2.05) is 0 Å². The van der Waals surface area contributed by atoms with E-state index >= 15 is 0 Å². The number of benzene rings is 2. The van der Waals surface area contributed by atoms with Crippen molar-refractivity contribution in [3.63, 3.8) is 0 Å². The smallest absolute Gasteiger partial charge is 0.339 e. The molecule has 2 rings (SSSR count). The van der Waals surface area contributed by atoms with Gasteiger partial charge in [0.1, 0.15) is 5.60 Å². The van der Waals surface area contributed by atoms with Gasteiger partial charge >= 0.3 is 5.97 Å². The lowest BCUT2D eigenvalue weighted by Gasteiger charge is -2.20. The number of hydrogen-bond acceptors (Lipinski definition) is 5. The molecule has 0 fully saturated rings. The summed E-state index contributed by atoms with van der Waals surface area (Å²) in [5.41, 5.74) is -0.867. The molecular formula is C18H17ClN2O5. The number of ether oxygens (including phenoxy) is 1. The number of nitrogens with zero attached hydrogens (tertiary/aromatic N) is 1. The second-order valence-corrected chi connectivity index (χ2v) is 6.89. The lowest BCUT2D eigenvalue weighted by molar-refractivity contribution is -0.384. The molecule has 136 valence electrons. The van der Waals surface area contributed by atoms with E-state index in [4.69, 9.17) is 16.3 Å². The van der Waals surface area contributed by atoms with Gasteiger partial charge in [0.15, 0.2) is 0 Å². The van der Waals surface area contributed by atoms with Gasteiger partial charge in [-0.05, 0) is 51.1 Å². The Morgan fingerprint density at radius 1 is 1.08 bits per heavy atom. The first kappa shape index (κ1) is 19.4. The largest absolute Gasteiger partial charge is 0.456 e. The van der Waals surface area contributed by atoms with Gasteiger partial charge in [-0.25, -0.2) is 4.79 Å². The monoisotopic (exact) mass is 376 g/mol. The Labute approximate surface area is 155 Å². The highest BCUT2D eigenvalue weighted by molar-refractivity contribution is 6.30. The second kappa shape index (κ2) is 7.53. The number of halogens is 1. The van der Waals surface area contributed by atoms with E-state index in [9.17, 15) is 19.7 Å². The Hall–Kier alpha value is -2.93. The van der Waals surface area contributed by atoms with Crippen LogP contribution in [0.2, 0.25) is 5.02 Å². The van der Waals surface area contributed by atoms with E-state index in [0.29, 0.717) is 10.7 Å². The van der Waals surface area contributed by atoms with Crippen LogP contribution in [0.4, 0.5) is 11.4 Å². The summed E-state index contributed by atoms with van der Waals surface area (Å²) < 4.78 is 5.26. The van der Waals surface area contributed by atoms with Gasteiger partial charge in [0.05, 0.1) is 16.1 Å². The fourth-order valence-electron chi connectivity index (χ4n) is 2.08. The minimum absolute atomic E-state index is 0.0280. The van der Waals surface area contributed by atoms with Crippen LogP contribution in [-0.4, -0.2) is 22.4 Å². The van der Waals surface area contributed by atoms with E-state index in [-0.39, 0.29) is 16.8 Å². The summed E-state index contributed by atoms with van der Waals surface area (Å²) in [6.45, 7) is 4.99. The molecule has 0 aliphatic carbocycles. The summed E-state index contributed by atoms with van der Waals surface area (Å²) in [6.07, 6.45) is 0. The number of rotatable bonds is 4. The summed E-state index contributed by atoms with van der Waals surface area (Å²) in [4.78, 5) is 35.3. The molecule has 0 saturated heterocycles. The van der Waals surface area contributed by atoms with Crippen LogP contribution < -0.4 is 5.32 Å². The number of carbonyl (C=O) groups excluding carboxylic acids is 2. The summed E-state index contributed by atoms with van der Waals surface area (Å²) >= 11 is 5.80. The molecule has 0 atom stereocenters. The second-order valence-electron chi connectivity index (χ2n) is 6.45. The van der Waals surface area contributed by atoms with Gasteiger partial charge in [0.25, 0.3) is 11.6 Å². The summed E-state index contributed by atoms with van der Waals surface area (Å²) in [7, 11) is 0. The van der Waals surface area contributed by atoms with E-state index < -0.39 is 22.4 Å². The molecule has 8 heteroatoms. The standard InChI is InChI=1S/C18H17ClN2O5/c1-18(2,3)26-17(23)15-10-13(21(24)25)8-9-14(15)16(22)20-12-6-4-11(19)5-7-12/h4-10H,1-3H3,(H,20,22). The summed E-state index contributed by atoms with van der Waals surface area (Å²) in [6, 6.07) is 9.80. The molecule has 0 radical (unpaired) electrons. The Balaban J connectivity index is 2.39. The molecule has 7 nitrogen and oxygen atoms in total. The average molecular weight is 377 g/mol. The predicted molar refractivity (Wildman–Crippen MR) is 97.7 cm³/mol. The molecule has 0 aliphatic rings. The quantitative estimate of drug-likeness (QED) is 0.482. The van der Waals surface area contributed by atoms with Crippen molar-refractivity contribution in [2.75, 3.05) is 5.32 Å². The van der Waals surface area contributed by atoms with Crippen molar-refractivity contribution in [1.29, 1.82) is 0 Å². The number of nitrogens with one attached hydrogen (secondary N) is 1. The van der Waals surface area contributed by atoms with Crippen molar-refractivity contribution in [2.24, 2.45) is 0 Å². The van der Waals surface area contributed by atoms with Crippen molar-refractivity contribution in [3.8, 4) is 0 Å². The highest BCUT2D eigenvalue weighted by Crippen LogP contribution is 2.23. The lowest BCUT2D eigenvalue weighted by atomic mass is 10.0. The van der Waals surface area contributed by atoms with Crippen molar-refractivity contribution >= 4 is 34.9 Å². The molecule has 0 heterocycles. The number of amides is 1. The first-order valence-electron chi connectivity index (χ1n) is 7.65. The molecule has 0 aromatic heterocycles. The van der Waals surface area contributed by atoms with Crippen LogP contribution in [0, 0.1) is 10.1 Å². The van der Waals surface area contributed by atoms with Gasteiger partial charge in [-0.15, -0.1) is 0 Å². The number of nitro groups is 1. The molecule has 2 aromatic carbocycles. The SMILES string of the molecule is CC(C)(C)OC(=O)c1cc([N+](=O)[O-])ccc1C(=O)Nc1ccc(Cl)cc1. The highest BCUT2D eigenvalue weighted by atomic mass is 35.5. The third-order valence-electron chi connectivity index (χ3n) is 3.18. The van der Waals surface area contributed by atoms with Crippen LogP contribution in [0.3, 0.4) is 0 Å². The first-order valence-corrected chi connectivity index (χ1v) is 8.03. The van der Waals surface area contributed by atoms with Crippen molar-refractivity contribution in [2.45, 2.75) is 26.4 Å². The van der Waals surface area contributed by atoms with Crippen LogP contribution in [0.15, 0.2) is 42.5 Å². The molecule has 1 amide bonds. The van der Waals surface area contributed by atoms with Crippen LogP contribution in [0.1, 0.15) is 41.5 Å². The van der Waals surface area contributed by atoms with Gasteiger partial charge in [-0.1, -0.05) is 11.6 Å². The Bertz CT molecular complexity index is 857. The minimum atomic E-state index is -0.817. The van der Waals surface area contributed by atoms with E-state index in [0.717, 1.165) is 12.1 Å². The van der Waals surface area contributed by atoms with Crippen LogP contribution in [0.25, 0.3) is 0 Å². The molecule has 0 aliphatic heterocycles. The topological polar surface area (TPSA) is 98.5 Å². The van der Waals surface area contributed by atoms with Gasteiger partial charge in [0.2, 0.25) is 0 Å². The molecule has 0 unspecified atom stereocenters. The average Bonchev–Trinajstić information content (AvgIpc) is 2.54. The fourth-order valence-corrected chi connectivity index (χ4v) is 2.20. The van der Waals surface area contributed by atoms with E-state index in [2.05, 4.69) is 5.32 Å². The maximum atomic E-state index is 12.5. The zero-order valence-electron chi connectivity index (χ0n) is 14.4. The Kier molecular flexibility index (Phi) is 5.62. The number of nitro benzene ring substituents is 1. The summed E-state index contributed by atoms with van der Waals surface area (Å²) in [5.74, 6) is -1.41. The maximum absolute atomic E-state index is 12.5. The van der Waals surface area contributed by atoms with Gasteiger partial charge in [-0.2, -0.15) is 0 Å². The maximum Gasteiger partial charge on any atom is 0.339 e.